The minimum atomic E-state index is -4.38. The summed E-state index contributed by atoms with van der Waals surface area (Å²) >= 11 is 5.92. The highest BCUT2D eigenvalue weighted by Crippen LogP contribution is 2.36. The third-order valence-electron chi connectivity index (χ3n) is 2.97. The fourth-order valence-corrected chi connectivity index (χ4v) is 2.19. The zero-order valence-corrected chi connectivity index (χ0v) is 11.5. The number of benzene rings is 1. The third-order valence-corrected chi connectivity index (χ3v) is 3.28. The molecular weight excluding hydrogens is 275 g/mol. The van der Waals surface area contributed by atoms with Crippen LogP contribution in [0.4, 0.5) is 13.2 Å². The van der Waals surface area contributed by atoms with Gasteiger partial charge in [-0.1, -0.05) is 38.4 Å². The molecule has 0 bridgehead atoms. The van der Waals surface area contributed by atoms with Gasteiger partial charge in [0.15, 0.2) is 0 Å². The Labute approximate surface area is 114 Å². The minimum absolute atomic E-state index is 0.0918. The predicted octanol–water partition coefficient (Wildman–Crippen LogP) is 5.20. The lowest BCUT2D eigenvalue weighted by atomic mass is 9.85. The molecule has 0 aliphatic heterocycles. The van der Waals surface area contributed by atoms with Crippen molar-refractivity contribution in [2.24, 2.45) is 0 Å². The first-order chi connectivity index (χ1) is 8.60. The van der Waals surface area contributed by atoms with Gasteiger partial charge in [0.1, 0.15) is 5.15 Å². The SMILES string of the molecule is CC(C)(C)c1cnc(Cl)c2cc(C(F)(F)F)ccc12. The molecule has 0 fully saturated rings. The second kappa shape index (κ2) is 4.37. The predicted molar refractivity (Wildman–Crippen MR) is 70.5 cm³/mol. The molecule has 0 N–H and O–H groups in total. The lowest BCUT2D eigenvalue weighted by molar-refractivity contribution is -0.137. The number of alkyl halides is 3. The number of aromatic nitrogens is 1. The van der Waals surface area contributed by atoms with Crippen LogP contribution >= 0.6 is 11.6 Å². The summed E-state index contributed by atoms with van der Waals surface area (Å²) in [5.74, 6) is 0. The number of rotatable bonds is 0. The van der Waals surface area contributed by atoms with Crippen molar-refractivity contribution >= 4 is 22.4 Å². The average Bonchev–Trinajstić information content (AvgIpc) is 2.26. The van der Waals surface area contributed by atoms with Gasteiger partial charge in [-0.25, -0.2) is 4.98 Å². The molecule has 0 spiro atoms. The first-order valence-electron chi connectivity index (χ1n) is 5.76. The van der Waals surface area contributed by atoms with Gasteiger partial charge in [0.25, 0.3) is 0 Å². The molecule has 0 aliphatic rings. The van der Waals surface area contributed by atoms with E-state index in [9.17, 15) is 13.2 Å². The van der Waals surface area contributed by atoms with E-state index in [0.29, 0.717) is 10.8 Å². The molecule has 2 aromatic rings. The molecule has 0 radical (unpaired) electrons. The summed E-state index contributed by atoms with van der Waals surface area (Å²) in [4.78, 5) is 3.99. The number of fused-ring (bicyclic) bond motifs is 1. The van der Waals surface area contributed by atoms with E-state index in [2.05, 4.69) is 4.98 Å². The maximum atomic E-state index is 12.7. The topological polar surface area (TPSA) is 12.9 Å². The van der Waals surface area contributed by atoms with Crippen LogP contribution in [-0.4, -0.2) is 4.98 Å². The number of pyridine rings is 1. The molecule has 5 heteroatoms. The van der Waals surface area contributed by atoms with Gasteiger partial charge in [-0.15, -0.1) is 0 Å². The Kier molecular flexibility index (Phi) is 3.25. The Bertz CT molecular complexity index is 627. The number of hydrogen-bond donors (Lipinski definition) is 0. The second-order valence-electron chi connectivity index (χ2n) is 5.47. The Morgan fingerprint density at radius 2 is 1.68 bits per heavy atom. The van der Waals surface area contributed by atoms with Crippen molar-refractivity contribution in [1.82, 2.24) is 4.98 Å². The van der Waals surface area contributed by atoms with Crippen molar-refractivity contribution in [2.75, 3.05) is 0 Å². The Morgan fingerprint density at radius 3 is 2.21 bits per heavy atom. The molecule has 1 aromatic heterocycles. The van der Waals surface area contributed by atoms with Gasteiger partial charge in [-0.05, 0) is 28.5 Å². The van der Waals surface area contributed by atoms with E-state index >= 15 is 0 Å². The number of halogens is 4. The molecule has 0 unspecified atom stereocenters. The smallest absolute Gasteiger partial charge is 0.244 e. The van der Waals surface area contributed by atoms with Crippen molar-refractivity contribution in [3.05, 3.63) is 40.7 Å². The maximum Gasteiger partial charge on any atom is 0.416 e. The molecule has 0 aliphatic carbocycles. The number of hydrogen-bond acceptors (Lipinski definition) is 1. The van der Waals surface area contributed by atoms with Crippen molar-refractivity contribution in [2.45, 2.75) is 32.4 Å². The van der Waals surface area contributed by atoms with Crippen LogP contribution in [0.3, 0.4) is 0 Å². The van der Waals surface area contributed by atoms with Gasteiger partial charge in [0.2, 0.25) is 0 Å². The van der Waals surface area contributed by atoms with Gasteiger partial charge in [-0.2, -0.15) is 13.2 Å². The van der Waals surface area contributed by atoms with Crippen LogP contribution in [0, 0.1) is 0 Å². The Morgan fingerprint density at radius 1 is 1.05 bits per heavy atom. The van der Waals surface area contributed by atoms with Gasteiger partial charge in [0.05, 0.1) is 5.56 Å². The number of nitrogens with zero attached hydrogens (tertiary/aromatic N) is 1. The van der Waals surface area contributed by atoms with E-state index in [1.165, 1.54) is 6.07 Å². The normalized spacial score (nSPS) is 13.0. The van der Waals surface area contributed by atoms with Crippen molar-refractivity contribution < 1.29 is 13.2 Å². The molecule has 1 heterocycles. The van der Waals surface area contributed by atoms with Gasteiger partial charge in [-0.3, -0.25) is 0 Å². The first-order valence-corrected chi connectivity index (χ1v) is 6.14. The standard InChI is InChI=1S/C14H13ClF3N/c1-13(2,3)11-7-19-12(15)10-6-8(14(16,17)18)4-5-9(10)11/h4-7H,1-3H3. The van der Waals surface area contributed by atoms with Crippen LogP contribution in [0.2, 0.25) is 5.15 Å². The van der Waals surface area contributed by atoms with Crippen molar-refractivity contribution in [3.8, 4) is 0 Å². The average molecular weight is 288 g/mol. The van der Waals surface area contributed by atoms with Crippen LogP contribution in [0.25, 0.3) is 10.8 Å². The van der Waals surface area contributed by atoms with Gasteiger partial charge < -0.3 is 0 Å². The molecule has 19 heavy (non-hydrogen) atoms. The molecule has 102 valence electrons. The fraction of sp³-hybridized carbons (Fsp3) is 0.357. The molecule has 1 aromatic carbocycles. The van der Waals surface area contributed by atoms with E-state index in [-0.39, 0.29) is 10.6 Å². The van der Waals surface area contributed by atoms with E-state index in [1.54, 1.807) is 6.20 Å². The largest absolute Gasteiger partial charge is 0.416 e. The molecular formula is C14H13ClF3N. The summed E-state index contributed by atoms with van der Waals surface area (Å²) in [5.41, 5.74) is -0.0503. The quantitative estimate of drug-likeness (QED) is 0.607. The highest BCUT2D eigenvalue weighted by Gasteiger charge is 2.31. The molecule has 0 atom stereocenters. The molecule has 0 saturated carbocycles. The second-order valence-corrected chi connectivity index (χ2v) is 5.83. The fourth-order valence-electron chi connectivity index (χ4n) is 1.98. The minimum Gasteiger partial charge on any atom is -0.244 e. The summed E-state index contributed by atoms with van der Waals surface area (Å²) in [6, 6.07) is 3.60. The van der Waals surface area contributed by atoms with E-state index in [1.807, 2.05) is 20.8 Å². The first kappa shape index (κ1) is 14.1. The lowest BCUT2D eigenvalue weighted by Gasteiger charge is -2.21. The van der Waals surface area contributed by atoms with Gasteiger partial charge >= 0.3 is 6.18 Å². The zero-order valence-electron chi connectivity index (χ0n) is 10.8. The monoisotopic (exact) mass is 287 g/mol. The third kappa shape index (κ3) is 2.68. The van der Waals surface area contributed by atoms with Crippen LogP contribution in [-0.2, 0) is 11.6 Å². The summed E-state index contributed by atoms with van der Waals surface area (Å²) in [7, 11) is 0. The molecule has 2 rings (SSSR count). The summed E-state index contributed by atoms with van der Waals surface area (Å²) in [6.07, 6.45) is -2.76. The van der Waals surface area contributed by atoms with Crippen LogP contribution in [0.1, 0.15) is 31.9 Å². The summed E-state index contributed by atoms with van der Waals surface area (Å²) < 4.78 is 38.2. The zero-order chi connectivity index (χ0) is 14.4. The van der Waals surface area contributed by atoms with E-state index in [0.717, 1.165) is 17.7 Å². The summed E-state index contributed by atoms with van der Waals surface area (Å²) in [6.45, 7) is 5.94. The molecule has 0 amide bonds. The van der Waals surface area contributed by atoms with Crippen molar-refractivity contribution in [1.29, 1.82) is 0 Å². The van der Waals surface area contributed by atoms with Crippen LogP contribution in [0.15, 0.2) is 24.4 Å². The van der Waals surface area contributed by atoms with Gasteiger partial charge in [0, 0.05) is 11.6 Å². The molecule has 0 saturated heterocycles. The Balaban J connectivity index is 2.78. The lowest BCUT2D eigenvalue weighted by Crippen LogP contribution is -2.13. The van der Waals surface area contributed by atoms with Crippen molar-refractivity contribution in [3.63, 3.8) is 0 Å². The van der Waals surface area contributed by atoms with E-state index < -0.39 is 11.7 Å². The van der Waals surface area contributed by atoms with Crippen LogP contribution in [0.5, 0.6) is 0 Å². The molecule has 1 nitrogen and oxygen atoms in total. The van der Waals surface area contributed by atoms with Crippen LogP contribution < -0.4 is 0 Å². The highest BCUT2D eigenvalue weighted by atomic mass is 35.5. The maximum absolute atomic E-state index is 12.7. The summed E-state index contributed by atoms with van der Waals surface area (Å²) in [5, 5.41) is 1.14. The van der Waals surface area contributed by atoms with E-state index in [4.69, 9.17) is 11.6 Å². The highest BCUT2D eigenvalue weighted by molar-refractivity contribution is 6.34. The Hall–Kier alpha value is -1.29.